The van der Waals surface area contributed by atoms with Crippen LogP contribution in [0.1, 0.15) is 58.1 Å². The number of nitrogens with zero attached hydrogens (tertiary/aromatic N) is 2. The van der Waals surface area contributed by atoms with E-state index in [4.69, 9.17) is 11.6 Å². The van der Waals surface area contributed by atoms with E-state index in [2.05, 4.69) is 142 Å². The zero-order valence-electron chi connectivity index (χ0n) is 25.6. The lowest BCUT2D eigenvalue weighted by atomic mass is 9.77. The van der Waals surface area contributed by atoms with Gasteiger partial charge in [-0.25, -0.2) is 0 Å². The van der Waals surface area contributed by atoms with Gasteiger partial charge in [-0.1, -0.05) is 92.2 Å². The molecule has 1 unspecified atom stereocenters. The van der Waals surface area contributed by atoms with Crippen LogP contribution in [0.25, 0.3) is 21.5 Å². The van der Waals surface area contributed by atoms with E-state index in [0.29, 0.717) is 0 Å². The maximum atomic E-state index is 7.25. The van der Waals surface area contributed by atoms with Gasteiger partial charge >= 0.3 is 0 Å². The van der Waals surface area contributed by atoms with E-state index >= 15 is 0 Å². The average Bonchev–Trinajstić information content (AvgIpc) is 3.31. The molecule has 3 heteroatoms. The largest absolute Gasteiger partial charge is 0.367 e. The quantitative estimate of drug-likeness (QED) is 0.222. The Morgan fingerprint density at radius 3 is 2.17 bits per heavy atom. The summed E-state index contributed by atoms with van der Waals surface area (Å²) in [6.45, 7) is 9.48. The molecule has 0 saturated carbocycles. The van der Waals surface area contributed by atoms with E-state index in [9.17, 15) is 0 Å². The molecule has 4 aromatic carbocycles. The fourth-order valence-electron chi connectivity index (χ4n) is 8.10. The van der Waals surface area contributed by atoms with Crippen LogP contribution < -0.4 is 4.90 Å². The predicted molar refractivity (Wildman–Crippen MR) is 181 cm³/mol. The third-order valence-electron chi connectivity index (χ3n) is 10.2. The van der Waals surface area contributed by atoms with Gasteiger partial charge in [0.05, 0.1) is 11.5 Å². The lowest BCUT2D eigenvalue weighted by Gasteiger charge is -2.31. The Morgan fingerprint density at radius 2 is 1.45 bits per heavy atom. The van der Waals surface area contributed by atoms with E-state index in [0.717, 1.165) is 24.3 Å². The number of likely N-dealkylation sites (N-methyl/N-ethyl adjacent to an activating group) is 1. The zero-order valence-corrected chi connectivity index (χ0v) is 26.4. The van der Waals surface area contributed by atoms with Crippen molar-refractivity contribution in [2.75, 3.05) is 19.0 Å². The summed E-state index contributed by atoms with van der Waals surface area (Å²) in [7, 11) is 4.44. The van der Waals surface area contributed by atoms with Gasteiger partial charge in [0.1, 0.15) is 7.05 Å². The second-order valence-electron chi connectivity index (χ2n) is 13.4. The van der Waals surface area contributed by atoms with Gasteiger partial charge in [0.2, 0.25) is 5.69 Å². The fraction of sp³-hybridized carbons (Fsp3) is 0.308. The van der Waals surface area contributed by atoms with Crippen molar-refractivity contribution in [1.29, 1.82) is 0 Å². The third kappa shape index (κ3) is 3.95. The molecule has 0 saturated heterocycles. The molecule has 0 fully saturated rings. The number of anilines is 1. The van der Waals surface area contributed by atoms with Gasteiger partial charge in [0, 0.05) is 40.9 Å². The first-order valence-electron chi connectivity index (χ1n) is 15.3. The number of benzene rings is 4. The molecule has 2 nitrogen and oxygen atoms in total. The number of fused-ring (bicyclic) bond motifs is 6. The highest BCUT2D eigenvalue weighted by molar-refractivity contribution is 6.32. The molecule has 0 aromatic heterocycles. The van der Waals surface area contributed by atoms with E-state index in [1.54, 1.807) is 0 Å². The number of hydrogen-bond acceptors (Lipinski definition) is 1. The molecule has 3 aliphatic rings. The predicted octanol–water partition coefficient (Wildman–Crippen LogP) is 9.95. The second-order valence-corrected chi connectivity index (χ2v) is 13.8. The topological polar surface area (TPSA) is 6.25 Å². The summed E-state index contributed by atoms with van der Waals surface area (Å²) in [4.78, 5) is 2.45. The van der Waals surface area contributed by atoms with Crippen LogP contribution in [0.4, 0.5) is 11.4 Å². The van der Waals surface area contributed by atoms with Crippen LogP contribution in [0.5, 0.6) is 0 Å². The van der Waals surface area contributed by atoms with Crippen molar-refractivity contribution in [1.82, 2.24) is 0 Å². The summed E-state index contributed by atoms with van der Waals surface area (Å²) < 4.78 is 2.36. The van der Waals surface area contributed by atoms with Crippen LogP contribution in [0, 0.1) is 0 Å². The Kier molecular flexibility index (Phi) is 6.29. The van der Waals surface area contributed by atoms with Crippen molar-refractivity contribution in [2.24, 2.45) is 0 Å². The summed E-state index contributed by atoms with van der Waals surface area (Å²) in [5.41, 5.74) is 9.16. The lowest BCUT2D eigenvalue weighted by Crippen LogP contribution is -2.38. The van der Waals surface area contributed by atoms with Crippen molar-refractivity contribution in [3.8, 4) is 0 Å². The molecule has 42 heavy (non-hydrogen) atoms. The van der Waals surface area contributed by atoms with Crippen LogP contribution >= 0.6 is 11.6 Å². The summed E-state index contributed by atoms with van der Waals surface area (Å²) in [6.07, 6.45) is 10.2. The van der Waals surface area contributed by atoms with Crippen molar-refractivity contribution < 1.29 is 4.58 Å². The van der Waals surface area contributed by atoms with E-state index in [-0.39, 0.29) is 16.9 Å². The fourth-order valence-corrected chi connectivity index (χ4v) is 8.42. The summed E-state index contributed by atoms with van der Waals surface area (Å²) in [6, 6.07) is 26.8. The molecule has 0 bridgehead atoms. The van der Waals surface area contributed by atoms with Gasteiger partial charge in [-0.05, 0) is 83.5 Å². The Morgan fingerprint density at radius 1 is 0.810 bits per heavy atom. The molecule has 4 aromatic rings. The van der Waals surface area contributed by atoms with E-state index in [1.165, 1.54) is 60.9 Å². The zero-order chi connectivity index (χ0) is 29.4. The number of hydrogen-bond donors (Lipinski definition) is 0. The molecular formula is C39H40ClN2+. The first-order valence-corrected chi connectivity index (χ1v) is 15.6. The number of rotatable bonds is 3. The van der Waals surface area contributed by atoms with Gasteiger partial charge in [0.15, 0.2) is 5.71 Å². The van der Waals surface area contributed by atoms with Crippen LogP contribution in [-0.4, -0.2) is 30.4 Å². The number of halogens is 1. The molecule has 2 heterocycles. The third-order valence-corrected chi connectivity index (χ3v) is 10.7. The van der Waals surface area contributed by atoms with Gasteiger partial charge in [-0.2, -0.15) is 4.58 Å². The van der Waals surface area contributed by atoms with Crippen LogP contribution in [-0.2, 0) is 10.8 Å². The first kappa shape index (κ1) is 27.2. The number of allylic oxidation sites excluding steroid dienone is 5. The molecule has 0 amide bonds. The Labute approximate surface area is 255 Å². The first-order chi connectivity index (χ1) is 20.1. The van der Waals surface area contributed by atoms with Crippen molar-refractivity contribution in [3.05, 3.63) is 118 Å². The van der Waals surface area contributed by atoms with Crippen molar-refractivity contribution in [3.63, 3.8) is 0 Å². The van der Waals surface area contributed by atoms with Gasteiger partial charge in [-0.15, -0.1) is 0 Å². The minimum atomic E-state index is -0.104. The monoisotopic (exact) mass is 571 g/mol. The lowest BCUT2D eigenvalue weighted by molar-refractivity contribution is -0.401. The van der Waals surface area contributed by atoms with Gasteiger partial charge in [0.25, 0.3) is 0 Å². The highest BCUT2D eigenvalue weighted by Gasteiger charge is 2.45. The van der Waals surface area contributed by atoms with E-state index in [1.807, 2.05) is 0 Å². The Bertz CT molecular complexity index is 1900. The maximum Gasteiger partial charge on any atom is 0.210 e. The summed E-state index contributed by atoms with van der Waals surface area (Å²) in [5, 5.41) is 6.24. The maximum absolute atomic E-state index is 7.25. The van der Waals surface area contributed by atoms with Crippen LogP contribution in [0.15, 0.2) is 107 Å². The van der Waals surface area contributed by atoms with Crippen LogP contribution in [0.3, 0.4) is 0 Å². The molecule has 0 N–H and O–H groups in total. The Balaban J connectivity index is 1.24. The molecule has 2 aliphatic heterocycles. The van der Waals surface area contributed by atoms with Gasteiger partial charge in [-0.3, -0.25) is 0 Å². The molecule has 0 radical (unpaired) electrons. The molecule has 0 spiro atoms. The van der Waals surface area contributed by atoms with Crippen molar-refractivity contribution >= 4 is 50.2 Å². The minimum absolute atomic E-state index is 0.0381. The van der Waals surface area contributed by atoms with Crippen molar-refractivity contribution in [2.45, 2.75) is 63.8 Å². The standard InChI is InChI=1S/C39H40ClN2/c1-38(2)33(41(5)31-21-18-25-12-7-9-16-29(25)35(31)38)23-20-27-14-11-15-28(37(27)40)24-34-39(3,4)36-30-17-10-8-13-26(30)19-22-32(36)42(34)6/h7-10,12-13,16-24,34H,11,14-15H2,1-6H3/q+1/b23-20+,28-24+. The van der Waals surface area contributed by atoms with E-state index < -0.39 is 0 Å². The summed E-state index contributed by atoms with van der Waals surface area (Å²) in [5.74, 6) is 0. The highest BCUT2D eigenvalue weighted by atomic mass is 35.5. The molecule has 212 valence electrons. The smallest absolute Gasteiger partial charge is 0.210 e. The minimum Gasteiger partial charge on any atom is -0.367 e. The second kappa shape index (κ2) is 9.71. The van der Waals surface area contributed by atoms with Crippen LogP contribution in [0.2, 0.25) is 0 Å². The normalized spacial score (nSPS) is 22.2. The molecule has 7 rings (SSSR count). The molecule has 1 atom stereocenters. The molecular weight excluding hydrogens is 532 g/mol. The molecule has 1 aliphatic carbocycles. The Hall–Kier alpha value is -3.62. The highest BCUT2D eigenvalue weighted by Crippen LogP contribution is 2.49. The van der Waals surface area contributed by atoms with Gasteiger partial charge < -0.3 is 4.90 Å². The average molecular weight is 572 g/mol. The SMILES string of the molecule is CN1c2ccc3ccccc3c2C(C)(C)C1/C=C1\CCCC(/C=C/C2=[N+](C)c3ccc4ccccc4c3C2(C)C)=C1Cl. The summed E-state index contributed by atoms with van der Waals surface area (Å²) >= 11 is 7.25.